The molecule has 1 atom stereocenters. The van der Waals surface area contributed by atoms with Crippen LogP contribution >= 0.6 is 0 Å². The minimum absolute atomic E-state index is 0.472. The molecule has 1 rings (SSSR count). The van der Waals surface area contributed by atoms with Crippen molar-refractivity contribution < 1.29 is 18.3 Å². The Morgan fingerprint density at radius 3 is 2.71 bits per heavy atom. The molecule has 1 aromatic rings. The van der Waals surface area contributed by atoms with Crippen LogP contribution in [0.5, 0.6) is 0 Å². The van der Waals surface area contributed by atoms with Gasteiger partial charge in [0.15, 0.2) is 6.10 Å². The van der Waals surface area contributed by atoms with E-state index in [1.807, 2.05) is 6.92 Å². The van der Waals surface area contributed by atoms with Crippen molar-refractivity contribution in [2.75, 3.05) is 23.7 Å². The zero-order valence-corrected chi connectivity index (χ0v) is 9.25. The van der Waals surface area contributed by atoms with Gasteiger partial charge in [-0.1, -0.05) is 0 Å². The molecule has 1 unspecified atom stereocenters. The van der Waals surface area contributed by atoms with Crippen LogP contribution in [-0.2, 0) is 0 Å². The molecule has 3 N–H and O–H groups in total. The number of alkyl halides is 3. The van der Waals surface area contributed by atoms with Crippen molar-refractivity contribution in [2.24, 2.45) is 0 Å². The highest BCUT2D eigenvalue weighted by molar-refractivity contribution is 5.51. The maximum absolute atomic E-state index is 12.0. The summed E-state index contributed by atoms with van der Waals surface area (Å²) in [5.74, 6) is 0.569. The molecule has 4 nitrogen and oxygen atoms in total. The summed E-state index contributed by atoms with van der Waals surface area (Å²) in [6.07, 6.45) is -5.51. The molecule has 7 heteroatoms. The van der Waals surface area contributed by atoms with Crippen molar-refractivity contribution in [1.29, 1.82) is 0 Å². The Balaban J connectivity index is 2.54. The van der Waals surface area contributed by atoms with E-state index in [2.05, 4.69) is 15.6 Å². The van der Waals surface area contributed by atoms with Crippen LogP contribution in [0.4, 0.5) is 24.7 Å². The van der Waals surface area contributed by atoms with Gasteiger partial charge in [0.2, 0.25) is 0 Å². The standard InChI is InChI=1S/C10H14F3N3O/c1-2-14-9-5-7(3-4-15-9)16-6-8(17)10(11,12)13/h3-5,8,17H,2,6H2,1H3,(H2,14,15,16). The maximum Gasteiger partial charge on any atom is 0.416 e. The number of anilines is 2. The minimum atomic E-state index is -4.61. The molecule has 1 heterocycles. The van der Waals surface area contributed by atoms with Gasteiger partial charge >= 0.3 is 6.18 Å². The van der Waals surface area contributed by atoms with Gasteiger partial charge in [0.1, 0.15) is 5.82 Å². The molecule has 0 aliphatic heterocycles. The smallest absolute Gasteiger partial charge is 0.382 e. The molecular weight excluding hydrogens is 235 g/mol. The first kappa shape index (κ1) is 13.6. The van der Waals surface area contributed by atoms with E-state index in [0.29, 0.717) is 18.1 Å². The summed E-state index contributed by atoms with van der Waals surface area (Å²) in [4.78, 5) is 3.97. The van der Waals surface area contributed by atoms with Crippen LogP contribution in [0.3, 0.4) is 0 Å². The topological polar surface area (TPSA) is 57.2 Å². The van der Waals surface area contributed by atoms with Crippen molar-refractivity contribution in [1.82, 2.24) is 4.98 Å². The Bertz CT molecular complexity index is 357. The number of pyridine rings is 1. The van der Waals surface area contributed by atoms with Gasteiger partial charge in [-0.25, -0.2) is 4.98 Å². The van der Waals surface area contributed by atoms with E-state index in [9.17, 15) is 13.2 Å². The van der Waals surface area contributed by atoms with Crippen LogP contribution in [0.2, 0.25) is 0 Å². The zero-order chi connectivity index (χ0) is 12.9. The van der Waals surface area contributed by atoms with E-state index in [1.54, 1.807) is 6.07 Å². The molecule has 0 saturated carbocycles. The van der Waals surface area contributed by atoms with Crippen LogP contribution < -0.4 is 10.6 Å². The van der Waals surface area contributed by atoms with Gasteiger partial charge in [-0.15, -0.1) is 0 Å². The molecule has 0 bridgehead atoms. The second-order valence-electron chi connectivity index (χ2n) is 3.40. The molecule has 0 saturated heterocycles. The Morgan fingerprint density at radius 2 is 2.12 bits per heavy atom. The monoisotopic (exact) mass is 249 g/mol. The van der Waals surface area contributed by atoms with E-state index in [1.165, 1.54) is 12.3 Å². The van der Waals surface area contributed by atoms with E-state index in [0.717, 1.165) is 0 Å². The third-order valence-electron chi connectivity index (χ3n) is 2.00. The third kappa shape index (κ3) is 4.48. The molecule has 0 radical (unpaired) electrons. The van der Waals surface area contributed by atoms with E-state index in [-0.39, 0.29) is 0 Å². The molecule has 0 amide bonds. The first-order valence-corrected chi connectivity index (χ1v) is 5.12. The van der Waals surface area contributed by atoms with Crippen molar-refractivity contribution in [3.8, 4) is 0 Å². The van der Waals surface area contributed by atoms with Gasteiger partial charge in [-0.3, -0.25) is 0 Å². The fraction of sp³-hybridized carbons (Fsp3) is 0.500. The number of aliphatic hydroxyl groups is 1. The predicted octanol–water partition coefficient (Wildman–Crippen LogP) is 1.85. The van der Waals surface area contributed by atoms with Crippen LogP contribution in [0.15, 0.2) is 18.3 Å². The van der Waals surface area contributed by atoms with Gasteiger partial charge in [0, 0.05) is 31.0 Å². The molecule has 0 aromatic carbocycles. The Hall–Kier alpha value is -1.50. The number of halogens is 3. The second kappa shape index (κ2) is 5.72. The summed E-state index contributed by atoms with van der Waals surface area (Å²) in [5, 5.41) is 14.2. The fourth-order valence-electron chi connectivity index (χ4n) is 1.15. The highest BCUT2D eigenvalue weighted by Gasteiger charge is 2.37. The van der Waals surface area contributed by atoms with E-state index in [4.69, 9.17) is 5.11 Å². The van der Waals surface area contributed by atoms with Crippen molar-refractivity contribution in [3.63, 3.8) is 0 Å². The quantitative estimate of drug-likeness (QED) is 0.745. The van der Waals surface area contributed by atoms with Crippen LogP contribution in [0.25, 0.3) is 0 Å². The first-order chi connectivity index (χ1) is 7.93. The number of hydrogen-bond donors (Lipinski definition) is 3. The Kier molecular flexibility index (Phi) is 4.56. The lowest BCUT2D eigenvalue weighted by Crippen LogP contribution is -2.35. The molecule has 96 valence electrons. The molecule has 0 spiro atoms. The van der Waals surface area contributed by atoms with E-state index >= 15 is 0 Å². The number of rotatable bonds is 5. The number of aromatic nitrogens is 1. The lowest BCUT2D eigenvalue weighted by molar-refractivity contribution is -0.198. The van der Waals surface area contributed by atoms with Crippen molar-refractivity contribution >= 4 is 11.5 Å². The highest BCUT2D eigenvalue weighted by atomic mass is 19.4. The van der Waals surface area contributed by atoms with Gasteiger partial charge in [0.05, 0.1) is 0 Å². The van der Waals surface area contributed by atoms with E-state index < -0.39 is 18.8 Å². The van der Waals surface area contributed by atoms with Gasteiger partial charge < -0.3 is 15.7 Å². The lowest BCUT2D eigenvalue weighted by Gasteiger charge is -2.16. The number of nitrogens with one attached hydrogen (secondary N) is 2. The van der Waals surface area contributed by atoms with Crippen LogP contribution in [-0.4, -0.2) is 35.5 Å². The first-order valence-electron chi connectivity index (χ1n) is 5.12. The van der Waals surface area contributed by atoms with Crippen molar-refractivity contribution in [3.05, 3.63) is 18.3 Å². The van der Waals surface area contributed by atoms with Gasteiger partial charge in [-0.05, 0) is 13.0 Å². The fourth-order valence-corrected chi connectivity index (χ4v) is 1.15. The number of aliphatic hydroxyl groups excluding tert-OH is 1. The van der Waals surface area contributed by atoms with Crippen LogP contribution in [0, 0.1) is 0 Å². The van der Waals surface area contributed by atoms with Crippen molar-refractivity contribution in [2.45, 2.75) is 19.2 Å². The molecule has 0 aliphatic rings. The normalized spacial score (nSPS) is 13.2. The summed E-state index contributed by atoms with van der Waals surface area (Å²) in [6, 6.07) is 3.11. The third-order valence-corrected chi connectivity index (χ3v) is 2.00. The summed E-state index contributed by atoms with van der Waals surface area (Å²) < 4.78 is 36.1. The molecule has 1 aromatic heterocycles. The summed E-state index contributed by atoms with van der Waals surface area (Å²) >= 11 is 0. The SMILES string of the molecule is CCNc1cc(NCC(O)C(F)(F)F)ccn1. The summed E-state index contributed by atoms with van der Waals surface area (Å²) in [6.45, 7) is 1.97. The Morgan fingerprint density at radius 1 is 1.41 bits per heavy atom. The average Bonchev–Trinajstić information content (AvgIpc) is 2.25. The lowest BCUT2D eigenvalue weighted by atomic mass is 10.3. The largest absolute Gasteiger partial charge is 0.416 e. The Labute approximate surface area is 96.9 Å². The number of nitrogens with zero attached hydrogens (tertiary/aromatic N) is 1. The molecule has 17 heavy (non-hydrogen) atoms. The zero-order valence-electron chi connectivity index (χ0n) is 9.25. The van der Waals surface area contributed by atoms with Gasteiger partial charge in [-0.2, -0.15) is 13.2 Å². The molecule has 0 fully saturated rings. The highest BCUT2D eigenvalue weighted by Crippen LogP contribution is 2.20. The predicted molar refractivity (Wildman–Crippen MR) is 59.0 cm³/mol. The second-order valence-corrected chi connectivity index (χ2v) is 3.40. The maximum atomic E-state index is 12.0. The summed E-state index contributed by atoms with van der Waals surface area (Å²) in [7, 11) is 0. The van der Waals surface area contributed by atoms with Gasteiger partial charge in [0.25, 0.3) is 0 Å². The molecule has 0 aliphatic carbocycles. The molecular formula is C10H14F3N3O. The average molecular weight is 249 g/mol. The summed E-state index contributed by atoms with van der Waals surface area (Å²) in [5.41, 5.74) is 0.472. The minimum Gasteiger partial charge on any atom is -0.382 e. The number of hydrogen-bond acceptors (Lipinski definition) is 4. The van der Waals surface area contributed by atoms with Crippen LogP contribution in [0.1, 0.15) is 6.92 Å².